The largest absolute Gasteiger partial charge is 0.383 e. The number of rotatable bonds is 5. The van der Waals surface area contributed by atoms with Gasteiger partial charge in [0.15, 0.2) is 0 Å². The molecule has 0 radical (unpaired) electrons. The van der Waals surface area contributed by atoms with Gasteiger partial charge in [-0.1, -0.05) is 0 Å². The zero-order valence-corrected chi connectivity index (χ0v) is 17.2. The zero-order chi connectivity index (χ0) is 21.1. The molecule has 0 bridgehead atoms. The lowest BCUT2D eigenvalue weighted by molar-refractivity contribution is -0.143. The second kappa shape index (κ2) is 8.95. The number of carbonyl (C=O) groups is 3. The summed E-state index contributed by atoms with van der Waals surface area (Å²) in [6, 6.07) is 1.12. The van der Waals surface area contributed by atoms with Gasteiger partial charge in [0.25, 0.3) is 0 Å². The minimum Gasteiger partial charge on any atom is -0.383 e. The number of methoxy groups -OCH3 is 1. The predicted molar refractivity (Wildman–Crippen MR) is 108 cm³/mol. The van der Waals surface area contributed by atoms with E-state index in [1.165, 1.54) is 4.90 Å². The summed E-state index contributed by atoms with van der Waals surface area (Å²) < 4.78 is 4.99. The third-order valence-electron chi connectivity index (χ3n) is 6.28. The van der Waals surface area contributed by atoms with Crippen LogP contribution in [0.5, 0.6) is 0 Å². The number of imide groups is 1. The lowest BCUT2D eigenvalue weighted by atomic mass is 9.76. The standard InChI is InChI=1S/C20H28N6O4/c1-30-12-11-26-18(28)15-4-3-14(13-16(15)23-20(26)29)17(27)24-7-9-25(10-8-24)19-21-5-2-6-22-19/h2,5-6,14-16H,3-4,7-13H2,1H3,(H,23,29). The van der Waals surface area contributed by atoms with Crippen molar-refractivity contribution in [3.63, 3.8) is 0 Å². The number of piperazine rings is 1. The van der Waals surface area contributed by atoms with Crippen LogP contribution in [0.3, 0.4) is 0 Å². The Morgan fingerprint density at radius 1 is 1.17 bits per heavy atom. The number of amides is 4. The molecule has 3 aliphatic rings. The van der Waals surface area contributed by atoms with Crippen molar-refractivity contribution in [1.82, 2.24) is 25.1 Å². The normalized spacial score (nSPS) is 27.0. The molecule has 3 unspecified atom stereocenters. The quantitative estimate of drug-likeness (QED) is 0.726. The van der Waals surface area contributed by atoms with Crippen molar-refractivity contribution in [2.75, 3.05) is 51.3 Å². The van der Waals surface area contributed by atoms with Crippen LogP contribution in [0.25, 0.3) is 0 Å². The van der Waals surface area contributed by atoms with Crippen LogP contribution in [0.4, 0.5) is 10.7 Å². The topological polar surface area (TPSA) is 108 Å². The van der Waals surface area contributed by atoms with E-state index in [0.29, 0.717) is 58.0 Å². The van der Waals surface area contributed by atoms with Gasteiger partial charge in [-0.15, -0.1) is 0 Å². The van der Waals surface area contributed by atoms with Gasteiger partial charge in [-0.3, -0.25) is 14.5 Å². The molecule has 4 amide bonds. The average Bonchev–Trinajstić information content (AvgIpc) is 2.79. The molecule has 1 aromatic rings. The fourth-order valence-electron chi connectivity index (χ4n) is 4.62. The second-order valence-corrected chi connectivity index (χ2v) is 8.02. The van der Waals surface area contributed by atoms with Gasteiger partial charge < -0.3 is 19.9 Å². The van der Waals surface area contributed by atoms with Gasteiger partial charge in [-0.25, -0.2) is 14.8 Å². The third-order valence-corrected chi connectivity index (χ3v) is 6.28. The van der Waals surface area contributed by atoms with E-state index in [9.17, 15) is 14.4 Å². The smallest absolute Gasteiger partial charge is 0.324 e. The highest BCUT2D eigenvalue weighted by Crippen LogP contribution is 2.34. The first-order valence-electron chi connectivity index (χ1n) is 10.5. The van der Waals surface area contributed by atoms with Crippen molar-refractivity contribution in [3.8, 4) is 0 Å². The monoisotopic (exact) mass is 416 g/mol. The van der Waals surface area contributed by atoms with Crippen LogP contribution in [-0.4, -0.2) is 90.1 Å². The van der Waals surface area contributed by atoms with Crippen LogP contribution in [0.2, 0.25) is 0 Å². The molecule has 4 rings (SSSR count). The first kappa shape index (κ1) is 20.5. The van der Waals surface area contributed by atoms with Crippen molar-refractivity contribution in [2.45, 2.75) is 25.3 Å². The number of nitrogens with zero attached hydrogens (tertiary/aromatic N) is 5. The maximum absolute atomic E-state index is 13.1. The molecule has 1 saturated carbocycles. The highest BCUT2D eigenvalue weighted by molar-refractivity contribution is 5.99. The SMILES string of the molecule is COCCN1C(=O)NC2CC(C(=O)N3CCN(c4ncccn4)CC3)CCC2C1=O. The molecule has 2 aliphatic heterocycles. The average molecular weight is 416 g/mol. The molecule has 0 spiro atoms. The van der Waals surface area contributed by atoms with Crippen molar-refractivity contribution in [2.24, 2.45) is 11.8 Å². The highest BCUT2D eigenvalue weighted by Gasteiger charge is 2.45. The third kappa shape index (κ3) is 4.09. The van der Waals surface area contributed by atoms with E-state index in [1.54, 1.807) is 25.6 Å². The molecule has 10 heteroatoms. The van der Waals surface area contributed by atoms with Gasteiger partial charge in [0.2, 0.25) is 17.8 Å². The van der Waals surface area contributed by atoms with Gasteiger partial charge in [0.1, 0.15) is 0 Å². The molecule has 30 heavy (non-hydrogen) atoms. The molecule has 0 aromatic carbocycles. The molecule has 3 fully saturated rings. The van der Waals surface area contributed by atoms with Gasteiger partial charge >= 0.3 is 6.03 Å². The van der Waals surface area contributed by atoms with E-state index >= 15 is 0 Å². The van der Waals surface area contributed by atoms with Crippen molar-refractivity contribution < 1.29 is 19.1 Å². The Bertz CT molecular complexity index is 783. The highest BCUT2D eigenvalue weighted by atomic mass is 16.5. The maximum atomic E-state index is 13.1. The minimum absolute atomic E-state index is 0.116. The summed E-state index contributed by atoms with van der Waals surface area (Å²) in [7, 11) is 1.54. The van der Waals surface area contributed by atoms with Gasteiger partial charge in [-0.2, -0.15) is 0 Å². The minimum atomic E-state index is -0.386. The lowest BCUT2D eigenvalue weighted by Crippen LogP contribution is -2.62. The van der Waals surface area contributed by atoms with Crippen LogP contribution >= 0.6 is 0 Å². The Labute approximate surface area is 175 Å². The molecular formula is C20H28N6O4. The Kier molecular flexibility index (Phi) is 6.12. The Hall–Kier alpha value is -2.75. The Balaban J connectivity index is 1.32. The van der Waals surface area contributed by atoms with Crippen molar-refractivity contribution >= 4 is 23.8 Å². The molecule has 3 atom stereocenters. The number of fused-ring (bicyclic) bond motifs is 1. The number of carbonyl (C=O) groups excluding carboxylic acids is 3. The van der Waals surface area contributed by atoms with E-state index < -0.39 is 0 Å². The summed E-state index contributed by atoms with van der Waals surface area (Å²) in [5.41, 5.74) is 0. The second-order valence-electron chi connectivity index (χ2n) is 8.02. The molecule has 162 valence electrons. The Morgan fingerprint density at radius 3 is 2.60 bits per heavy atom. The van der Waals surface area contributed by atoms with Crippen LogP contribution in [0, 0.1) is 11.8 Å². The number of anilines is 1. The maximum Gasteiger partial charge on any atom is 0.324 e. The summed E-state index contributed by atoms with van der Waals surface area (Å²) in [4.78, 5) is 51.9. The molecule has 2 saturated heterocycles. The van der Waals surface area contributed by atoms with Crippen LogP contribution in [0.1, 0.15) is 19.3 Å². The van der Waals surface area contributed by atoms with Crippen LogP contribution in [0.15, 0.2) is 18.5 Å². The van der Waals surface area contributed by atoms with E-state index in [1.807, 2.05) is 4.90 Å². The molecule has 1 N–H and O–H groups in total. The number of ether oxygens (including phenoxy) is 1. The fraction of sp³-hybridized carbons (Fsp3) is 0.650. The fourth-order valence-corrected chi connectivity index (χ4v) is 4.62. The van der Waals surface area contributed by atoms with E-state index in [0.717, 1.165) is 0 Å². The van der Waals surface area contributed by atoms with Gasteiger partial charge in [0, 0.05) is 57.6 Å². The molecule has 1 aromatic heterocycles. The first-order valence-corrected chi connectivity index (χ1v) is 10.5. The van der Waals surface area contributed by atoms with Crippen molar-refractivity contribution in [3.05, 3.63) is 18.5 Å². The number of hydrogen-bond acceptors (Lipinski definition) is 7. The van der Waals surface area contributed by atoms with Crippen molar-refractivity contribution in [1.29, 1.82) is 0 Å². The van der Waals surface area contributed by atoms with E-state index in [2.05, 4.69) is 20.2 Å². The van der Waals surface area contributed by atoms with Crippen LogP contribution in [-0.2, 0) is 14.3 Å². The summed E-state index contributed by atoms with van der Waals surface area (Å²) in [6.07, 6.45) is 5.23. The molecular weight excluding hydrogens is 388 g/mol. The first-order chi connectivity index (χ1) is 14.6. The summed E-state index contributed by atoms with van der Waals surface area (Å²) in [5.74, 6) is 0.236. The summed E-state index contributed by atoms with van der Waals surface area (Å²) in [6.45, 7) is 3.20. The Morgan fingerprint density at radius 2 is 1.90 bits per heavy atom. The predicted octanol–water partition coefficient (Wildman–Crippen LogP) is 0.108. The number of hydrogen-bond donors (Lipinski definition) is 1. The van der Waals surface area contributed by atoms with Gasteiger partial charge in [0.05, 0.1) is 19.1 Å². The van der Waals surface area contributed by atoms with Crippen LogP contribution < -0.4 is 10.2 Å². The zero-order valence-electron chi connectivity index (χ0n) is 17.2. The number of aromatic nitrogens is 2. The van der Waals surface area contributed by atoms with E-state index in [4.69, 9.17) is 4.74 Å². The summed E-state index contributed by atoms with van der Waals surface area (Å²) >= 11 is 0. The lowest BCUT2D eigenvalue weighted by Gasteiger charge is -2.43. The summed E-state index contributed by atoms with van der Waals surface area (Å²) in [5, 5.41) is 2.94. The molecule has 10 nitrogen and oxygen atoms in total. The van der Waals surface area contributed by atoms with Gasteiger partial charge in [-0.05, 0) is 25.3 Å². The molecule has 3 heterocycles. The molecule has 1 aliphatic carbocycles. The van der Waals surface area contributed by atoms with E-state index in [-0.39, 0.29) is 42.3 Å². The number of nitrogens with one attached hydrogen (secondary N) is 1. The number of urea groups is 1.